The van der Waals surface area contributed by atoms with Crippen LogP contribution in [0, 0.1) is 0 Å². The highest BCUT2D eigenvalue weighted by molar-refractivity contribution is 7.89. The van der Waals surface area contributed by atoms with Crippen molar-refractivity contribution in [1.29, 1.82) is 0 Å². The molecule has 0 aliphatic carbocycles. The number of sulfonamides is 1. The van der Waals surface area contributed by atoms with E-state index >= 15 is 0 Å². The Hall–Kier alpha value is -1.67. The molecule has 0 N–H and O–H groups in total. The highest BCUT2D eigenvalue weighted by atomic mass is 32.2. The van der Waals surface area contributed by atoms with Gasteiger partial charge in [-0.15, -0.1) is 0 Å². The Labute approximate surface area is 155 Å². The summed E-state index contributed by atoms with van der Waals surface area (Å²) in [5, 5.41) is 0.977. The largest absolute Gasteiger partial charge is 0.468 e. The van der Waals surface area contributed by atoms with E-state index in [1.807, 2.05) is 12.1 Å². The normalized spacial score (nSPS) is 21.8. The van der Waals surface area contributed by atoms with E-state index in [4.69, 9.17) is 9.25 Å². The van der Waals surface area contributed by atoms with Gasteiger partial charge < -0.3 is 4.42 Å². The summed E-state index contributed by atoms with van der Waals surface area (Å²) in [6, 6.07) is 11.3. The second-order valence-corrected chi connectivity index (χ2v) is 9.29. The van der Waals surface area contributed by atoms with Crippen molar-refractivity contribution in [3.05, 3.63) is 59.5 Å². The van der Waals surface area contributed by atoms with Crippen molar-refractivity contribution in [2.45, 2.75) is 37.6 Å². The molecule has 1 aliphatic heterocycles. The number of furan rings is 1. The lowest BCUT2D eigenvalue weighted by atomic mass is 9.98. The molecular weight excluding hydrogens is 352 g/mol. The molecule has 2 aromatic rings. The van der Waals surface area contributed by atoms with E-state index in [9.17, 15) is 8.42 Å². The SMILES string of the molecule is CC(C)c1ccc(C2C(S(=O)(=O)N(C)Cc3ccco3)CON2C)cc1. The predicted octanol–water partition coefficient (Wildman–Crippen LogP) is 3.15. The van der Waals surface area contributed by atoms with E-state index in [0.717, 1.165) is 5.56 Å². The molecule has 0 spiro atoms. The Morgan fingerprint density at radius 2 is 1.92 bits per heavy atom. The molecule has 0 bridgehead atoms. The van der Waals surface area contributed by atoms with Gasteiger partial charge in [-0.25, -0.2) is 8.42 Å². The van der Waals surface area contributed by atoms with Crippen molar-refractivity contribution in [1.82, 2.24) is 9.37 Å². The molecule has 2 unspecified atom stereocenters. The summed E-state index contributed by atoms with van der Waals surface area (Å²) in [5.41, 5.74) is 2.17. The van der Waals surface area contributed by atoms with Gasteiger partial charge in [0.1, 0.15) is 11.0 Å². The summed E-state index contributed by atoms with van der Waals surface area (Å²) in [4.78, 5) is 5.59. The van der Waals surface area contributed by atoms with Crippen molar-refractivity contribution in [2.75, 3.05) is 20.7 Å². The lowest BCUT2D eigenvalue weighted by Gasteiger charge is -2.26. The number of hydrogen-bond acceptors (Lipinski definition) is 5. The molecule has 1 aromatic carbocycles. The van der Waals surface area contributed by atoms with E-state index in [1.54, 1.807) is 37.6 Å². The van der Waals surface area contributed by atoms with Gasteiger partial charge in [-0.05, 0) is 29.2 Å². The summed E-state index contributed by atoms with van der Waals surface area (Å²) in [6.07, 6.45) is 1.54. The van der Waals surface area contributed by atoms with Crippen LogP contribution in [0.5, 0.6) is 0 Å². The molecule has 1 aliphatic rings. The van der Waals surface area contributed by atoms with Crippen LogP contribution in [-0.4, -0.2) is 43.7 Å². The fourth-order valence-corrected chi connectivity index (χ4v) is 4.95. The minimum atomic E-state index is -3.56. The summed E-state index contributed by atoms with van der Waals surface area (Å²) < 4.78 is 32.9. The van der Waals surface area contributed by atoms with E-state index in [2.05, 4.69) is 26.0 Å². The predicted molar refractivity (Wildman–Crippen MR) is 99.9 cm³/mol. The van der Waals surface area contributed by atoms with Crippen LogP contribution in [0.2, 0.25) is 0 Å². The fourth-order valence-electron chi connectivity index (χ4n) is 3.29. The molecule has 2 atom stereocenters. The summed E-state index contributed by atoms with van der Waals surface area (Å²) in [7, 11) is -0.206. The maximum absolute atomic E-state index is 13.1. The van der Waals surface area contributed by atoms with Gasteiger partial charge in [0.25, 0.3) is 0 Å². The van der Waals surface area contributed by atoms with Crippen LogP contribution >= 0.6 is 0 Å². The molecule has 1 saturated heterocycles. The first-order valence-corrected chi connectivity index (χ1v) is 10.2. The lowest BCUT2D eigenvalue weighted by molar-refractivity contribution is -0.110. The molecule has 0 saturated carbocycles. The Balaban J connectivity index is 1.85. The van der Waals surface area contributed by atoms with Crippen LogP contribution in [0.3, 0.4) is 0 Å². The number of nitrogens with zero attached hydrogens (tertiary/aromatic N) is 2. The van der Waals surface area contributed by atoms with Crippen molar-refractivity contribution < 1.29 is 17.7 Å². The summed E-state index contributed by atoms with van der Waals surface area (Å²) in [5.74, 6) is 1.04. The van der Waals surface area contributed by atoms with Gasteiger partial charge in [0.05, 0.1) is 25.5 Å². The van der Waals surface area contributed by atoms with Crippen molar-refractivity contribution in [2.24, 2.45) is 0 Å². The van der Waals surface area contributed by atoms with Crippen LogP contribution in [0.4, 0.5) is 0 Å². The number of hydroxylamine groups is 2. The molecule has 1 fully saturated rings. The average molecular weight is 378 g/mol. The summed E-state index contributed by atoms with van der Waals surface area (Å²) in [6.45, 7) is 4.61. The Morgan fingerprint density at radius 1 is 1.23 bits per heavy atom. The fraction of sp³-hybridized carbons (Fsp3) is 0.474. The standard InChI is InChI=1S/C19H26N2O4S/c1-14(2)15-7-9-16(10-8-15)19-18(13-25-21(19)4)26(22,23)20(3)12-17-6-5-11-24-17/h5-11,14,18-19H,12-13H2,1-4H3. The van der Waals surface area contributed by atoms with Crippen LogP contribution in [0.1, 0.15) is 42.7 Å². The quantitative estimate of drug-likeness (QED) is 0.773. The minimum absolute atomic E-state index is 0.137. The monoisotopic (exact) mass is 378 g/mol. The molecule has 142 valence electrons. The van der Waals surface area contributed by atoms with Crippen LogP contribution in [0.25, 0.3) is 0 Å². The first-order chi connectivity index (χ1) is 12.3. The first-order valence-electron chi connectivity index (χ1n) is 8.74. The van der Waals surface area contributed by atoms with Gasteiger partial charge in [0.15, 0.2) is 0 Å². The van der Waals surface area contributed by atoms with Gasteiger partial charge in [0, 0.05) is 14.1 Å². The van der Waals surface area contributed by atoms with Crippen molar-refractivity contribution in [3.8, 4) is 0 Å². The average Bonchev–Trinajstić information content (AvgIpc) is 3.24. The minimum Gasteiger partial charge on any atom is -0.468 e. The molecular formula is C19H26N2O4S. The highest BCUT2D eigenvalue weighted by Gasteiger charge is 2.45. The zero-order chi connectivity index (χ0) is 18.9. The van der Waals surface area contributed by atoms with Gasteiger partial charge in [0.2, 0.25) is 10.0 Å². The van der Waals surface area contributed by atoms with Crippen LogP contribution in [-0.2, 0) is 21.4 Å². The zero-order valence-corrected chi connectivity index (χ0v) is 16.4. The number of hydrogen-bond donors (Lipinski definition) is 0. The zero-order valence-electron chi connectivity index (χ0n) is 15.6. The first kappa shape index (κ1) is 19.1. The second kappa shape index (κ2) is 7.52. The van der Waals surface area contributed by atoms with Gasteiger partial charge in [-0.2, -0.15) is 9.37 Å². The third kappa shape index (κ3) is 3.71. The molecule has 0 amide bonds. The van der Waals surface area contributed by atoms with E-state index in [0.29, 0.717) is 11.7 Å². The maximum Gasteiger partial charge on any atom is 0.221 e. The smallest absolute Gasteiger partial charge is 0.221 e. The van der Waals surface area contributed by atoms with Crippen LogP contribution in [0.15, 0.2) is 47.1 Å². The van der Waals surface area contributed by atoms with Gasteiger partial charge in [-0.3, -0.25) is 4.84 Å². The third-order valence-corrected chi connectivity index (χ3v) is 7.06. The molecule has 3 rings (SSSR count). The van der Waals surface area contributed by atoms with Gasteiger partial charge >= 0.3 is 0 Å². The second-order valence-electron chi connectivity index (χ2n) is 7.03. The van der Waals surface area contributed by atoms with Gasteiger partial charge in [-0.1, -0.05) is 38.1 Å². The van der Waals surface area contributed by atoms with Crippen molar-refractivity contribution >= 4 is 10.0 Å². The molecule has 0 radical (unpaired) electrons. The van der Waals surface area contributed by atoms with E-state index in [1.165, 1.54) is 9.87 Å². The molecule has 2 heterocycles. The Bertz CT molecular complexity index is 816. The molecule has 6 nitrogen and oxygen atoms in total. The van der Waals surface area contributed by atoms with Crippen LogP contribution < -0.4 is 0 Å². The van der Waals surface area contributed by atoms with E-state index in [-0.39, 0.29) is 19.2 Å². The lowest BCUT2D eigenvalue weighted by Crippen LogP contribution is -2.40. The molecule has 7 heteroatoms. The molecule has 26 heavy (non-hydrogen) atoms. The maximum atomic E-state index is 13.1. The highest BCUT2D eigenvalue weighted by Crippen LogP contribution is 2.35. The third-order valence-electron chi connectivity index (χ3n) is 4.91. The molecule has 1 aromatic heterocycles. The summed E-state index contributed by atoms with van der Waals surface area (Å²) >= 11 is 0. The Kier molecular flexibility index (Phi) is 5.53. The topological polar surface area (TPSA) is 63.0 Å². The number of benzene rings is 1. The number of rotatable bonds is 6. The Morgan fingerprint density at radius 3 is 2.50 bits per heavy atom. The van der Waals surface area contributed by atoms with Crippen molar-refractivity contribution in [3.63, 3.8) is 0 Å². The van der Waals surface area contributed by atoms with E-state index < -0.39 is 15.3 Å².